The minimum atomic E-state index is 0.166. The van der Waals surface area contributed by atoms with Crippen molar-refractivity contribution in [3.63, 3.8) is 0 Å². The molecule has 0 saturated heterocycles. The smallest absolute Gasteiger partial charge is 0.188 e. The lowest BCUT2D eigenvalue weighted by Crippen LogP contribution is -2.37. The Balaban J connectivity index is 2.40. The fraction of sp³-hybridized carbons (Fsp3) is 0.562. The minimum Gasteiger partial charge on any atom is -0.492 e. The number of benzene rings is 1. The van der Waals surface area contributed by atoms with Crippen molar-refractivity contribution in [1.29, 1.82) is 0 Å². The SMILES string of the molecule is CC(C)NC(N)=NCCOc1ccc(C(C)(C)C)cc1. The molecule has 3 N–H and O–H groups in total. The van der Waals surface area contributed by atoms with Gasteiger partial charge in [-0.25, -0.2) is 4.99 Å². The average molecular weight is 277 g/mol. The third-order valence-electron chi connectivity index (χ3n) is 2.80. The number of hydrogen-bond acceptors (Lipinski definition) is 2. The van der Waals surface area contributed by atoms with Crippen molar-refractivity contribution < 1.29 is 4.74 Å². The molecule has 0 aliphatic heterocycles. The third-order valence-corrected chi connectivity index (χ3v) is 2.80. The molecule has 1 aromatic rings. The van der Waals surface area contributed by atoms with Crippen molar-refractivity contribution in [1.82, 2.24) is 5.32 Å². The molecule has 0 atom stereocenters. The molecule has 112 valence electrons. The van der Waals surface area contributed by atoms with Gasteiger partial charge in [0, 0.05) is 6.04 Å². The van der Waals surface area contributed by atoms with Crippen LogP contribution >= 0.6 is 0 Å². The van der Waals surface area contributed by atoms with Crippen LogP contribution in [0.5, 0.6) is 5.75 Å². The fourth-order valence-electron chi connectivity index (χ4n) is 1.72. The second-order valence-corrected chi connectivity index (χ2v) is 6.19. The van der Waals surface area contributed by atoms with Gasteiger partial charge < -0.3 is 15.8 Å². The van der Waals surface area contributed by atoms with E-state index in [9.17, 15) is 0 Å². The average Bonchev–Trinajstić information content (AvgIpc) is 2.33. The van der Waals surface area contributed by atoms with Crippen LogP contribution in [0.25, 0.3) is 0 Å². The van der Waals surface area contributed by atoms with Crippen LogP contribution in [0.4, 0.5) is 0 Å². The molecule has 0 spiro atoms. The van der Waals surface area contributed by atoms with E-state index < -0.39 is 0 Å². The van der Waals surface area contributed by atoms with E-state index in [1.165, 1.54) is 5.56 Å². The van der Waals surface area contributed by atoms with Gasteiger partial charge in [0.25, 0.3) is 0 Å². The number of nitrogens with two attached hydrogens (primary N) is 1. The summed E-state index contributed by atoms with van der Waals surface area (Å²) in [5.74, 6) is 1.33. The summed E-state index contributed by atoms with van der Waals surface area (Å²) in [6.45, 7) is 11.7. The second-order valence-electron chi connectivity index (χ2n) is 6.19. The van der Waals surface area contributed by atoms with Gasteiger partial charge in [-0.05, 0) is 37.0 Å². The zero-order chi connectivity index (χ0) is 15.2. The molecule has 0 aromatic heterocycles. The molecule has 0 amide bonds. The predicted octanol–water partition coefficient (Wildman–Crippen LogP) is 2.68. The van der Waals surface area contributed by atoms with Crippen LogP contribution < -0.4 is 15.8 Å². The van der Waals surface area contributed by atoms with E-state index in [1.807, 2.05) is 26.0 Å². The Morgan fingerprint density at radius 1 is 1.25 bits per heavy atom. The molecule has 4 heteroatoms. The number of rotatable bonds is 5. The Kier molecular flexibility index (Phi) is 5.86. The number of hydrogen-bond donors (Lipinski definition) is 2. The molecule has 0 heterocycles. The van der Waals surface area contributed by atoms with Crippen molar-refractivity contribution >= 4 is 5.96 Å². The van der Waals surface area contributed by atoms with Crippen molar-refractivity contribution in [3.8, 4) is 5.75 Å². The van der Waals surface area contributed by atoms with Gasteiger partial charge in [0.2, 0.25) is 0 Å². The monoisotopic (exact) mass is 277 g/mol. The molecule has 20 heavy (non-hydrogen) atoms. The lowest BCUT2D eigenvalue weighted by Gasteiger charge is -2.19. The van der Waals surface area contributed by atoms with Crippen molar-refractivity contribution in [2.75, 3.05) is 13.2 Å². The Morgan fingerprint density at radius 3 is 2.35 bits per heavy atom. The van der Waals surface area contributed by atoms with E-state index in [-0.39, 0.29) is 5.41 Å². The van der Waals surface area contributed by atoms with Gasteiger partial charge >= 0.3 is 0 Å². The van der Waals surface area contributed by atoms with Gasteiger partial charge in [-0.15, -0.1) is 0 Å². The summed E-state index contributed by atoms with van der Waals surface area (Å²) >= 11 is 0. The first-order chi connectivity index (χ1) is 9.29. The van der Waals surface area contributed by atoms with Gasteiger partial charge in [-0.1, -0.05) is 32.9 Å². The van der Waals surface area contributed by atoms with Crippen molar-refractivity contribution in [2.45, 2.75) is 46.1 Å². The van der Waals surface area contributed by atoms with Crippen molar-refractivity contribution in [2.24, 2.45) is 10.7 Å². The highest BCUT2D eigenvalue weighted by Gasteiger charge is 2.12. The second kappa shape index (κ2) is 7.17. The lowest BCUT2D eigenvalue weighted by molar-refractivity contribution is 0.328. The highest BCUT2D eigenvalue weighted by atomic mass is 16.5. The van der Waals surface area contributed by atoms with E-state index in [0.717, 1.165) is 5.75 Å². The van der Waals surface area contributed by atoms with Crippen LogP contribution in [0, 0.1) is 0 Å². The third kappa shape index (κ3) is 5.95. The molecule has 1 rings (SSSR count). The van der Waals surface area contributed by atoms with Gasteiger partial charge in [-0.3, -0.25) is 0 Å². The zero-order valence-electron chi connectivity index (χ0n) is 13.2. The van der Waals surface area contributed by atoms with E-state index in [4.69, 9.17) is 10.5 Å². The molecule has 4 nitrogen and oxygen atoms in total. The predicted molar refractivity (Wildman–Crippen MR) is 85.4 cm³/mol. The van der Waals surface area contributed by atoms with Crippen LogP contribution in [-0.2, 0) is 5.41 Å². The Morgan fingerprint density at radius 2 is 1.85 bits per heavy atom. The van der Waals surface area contributed by atoms with Crippen LogP contribution in [0.15, 0.2) is 29.3 Å². The van der Waals surface area contributed by atoms with Crippen LogP contribution in [0.3, 0.4) is 0 Å². The number of guanidine groups is 1. The molecule has 0 bridgehead atoms. The van der Waals surface area contributed by atoms with Crippen LogP contribution in [0.1, 0.15) is 40.2 Å². The van der Waals surface area contributed by atoms with Crippen LogP contribution in [-0.4, -0.2) is 25.2 Å². The molecular weight excluding hydrogens is 250 g/mol. The Labute approximate surface area is 122 Å². The summed E-state index contributed by atoms with van der Waals surface area (Å²) in [5, 5.41) is 3.04. The number of nitrogens with one attached hydrogen (secondary N) is 1. The quantitative estimate of drug-likeness (QED) is 0.494. The maximum absolute atomic E-state index is 5.71. The maximum Gasteiger partial charge on any atom is 0.188 e. The van der Waals surface area contributed by atoms with Crippen molar-refractivity contribution in [3.05, 3.63) is 29.8 Å². The van der Waals surface area contributed by atoms with Crippen LogP contribution in [0.2, 0.25) is 0 Å². The van der Waals surface area contributed by atoms with E-state index in [0.29, 0.717) is 25.2 Å². The van der Waals surface area contributed by atoms with Gasteiger partial charge in [0.05, 0.1) is 6.54 Å². The molecule has 1 aromatic carbocycles. The fourth-order valence-corrected chi connectivity index (χ4v) is 1.72. The normalized spacial score (nSPS) is 12.6. The standard InChI is InChI=1S/C16H27N3O/c1-12(2)19-15(17)18-10-11-20-14-8-6-13(7-9-14)16(3,4)5/h6-9,12H,10-11H2,1-5H3,(H3,17,18,19). The highest BCUT2D eigenvalue weighted by molar-refractivity contribution is 5.78. The summed E-state index contributed by atoms with van der Waals surface area (Å²) in [6.07, 6.45) is 0. The summed E-state index contributed by atoms with van der Waals surface area (Å²) in [7, 11) is 0. The molecule has 0 aliphatic rings. The van der Waals surface area contributed by atoms with Gasteiger partial charge in [0.15, 0.2) is 5.96 Å². The topological polar surface area (TPSA) is 59.6 Å². The molecule has 0 aliphatic carbocycles. The summed E-state index contributed by atoms with van der Waals surface area (Å²) < 4.78 is 5.64. The van der Waals surface area contributed by atoms with E-state index in [2.05, 4.69) is 43.2 Å². The molecule has 0 saturated carbocycles. The first-order valence-electron chi connectivity index (χ1n) is 7.09. The number of aliphatic imine (C=N–C) groups is 1. The van der Waals surface area contributed by atoms with Gasteiger partial charge in [0.1, 0.15) is 12.4 Å². The molecule has 0 radical (unpaired) electrons. The zero-order valence-corrected chi connectivity index (χ0v) is 13.2. The molecule has 0 unspecified atom stereocenters. The Bertz CT molecular complexity index is 430. The largest absolute Gasteiger partial charge is 0.492 e. The first kappa shape index (κ1) is 16.3. The van der Waals surface area contributed by atoms with Gasteiger partial charge in [-0.2, -0.15) is 0 Å². The number of ether oxygens (including phenoxy) is 1. The summed E-state index contributed by atoms with van der Waals surface area (Å²) in [6, 6.07) is 8.50. The highest BCUT2D eigenvalue weighted by Crippen LogP contribution is 2.24. The maximum atomic E-state index is 5.71. The first-order valence-corrected chi connectivity index (χ1v) is 7.09. The molecule has 0 fully saturated rings. The van der Waals surface area contributed by atoms with E-state index >= 15 is 0 Å². The lowest BCUT2D eigenvalue weighted by atomic mass is 9.87. The molecular formula is C16H27N3O. The summed E-state index contributed by atoms with van der Waals surface area (Å²) in [4.78, 5) is 4.19. The summed E-state index contributed by atoms with van der Waals surface area (Å²) in [5.41, 5.74) is 7.17. The number of nitrogens with zero attached hydrogens (tertiary/aromatic N) is 1. The van der Waals surface area contributed by atoms with E-state index in [1.54, 1.807) is 0 Å². The Hall–Kier alpha value is -1.71. The minimum absolute atomic E-state index is 0.166.